The molecule has 0 aliphatic rings. The van der Waals surface area contributed by atoms with E-state index in [0.717, 1.165) is 50.4 Å². The summed E-state index contributed by atoms with van der Waals surface area (Å²) in [5.74, 6) is 1.49. The van der Waals surface area contributed by atoms with Gasteiger partial charge < -0.3 is 37.9 Å². The number of hydrogen-bond acceptors (Lipinski definition) is 8. The summed E-state index contributed by atoms with van der Waals surface area (Å²) < 4.78 is 44.3. The number of benzene rings is 1. The summed E-state index contributed by atoms with van der Waals surface area (Å²) in [6, 6.07) is 7.56. The van der Waals surface area contributed by atoms with Gasteiger partial charge in [-0.2, -0.15) is 0 Å². The highest BCUT2D eigenvalue weighted by molar-refractivity contribution is 5.32. The Morgan fingerprint density at radius 3 is 1.12 bits per heavy atom. The van der Waals surface area contributed by atoms with Crippen LogP contribution in [0.2, 0.25) is 0 Å². The molecule has 1 aromatic carbocycles. The van der Waals surface area contributed by atoms with Crippen molar-refractivity contribution in [1.82, 2.24) is 0 Å². The van der Waals surface area contributed by atoms with E-state index in [-0.39, 0.29) is 0 Å². The maximum Gasteiger partial charge on any atom is 0.123 e. The van der Waals surface area contributed by atoms with Crippen LogP contribution in [0.25, 0.3) is 0 Å². The predicted molar refractivity (Wildman–Crippen MR) is 132 cm³/mol. The highest BCUT2D eigenvalue weighted by atomic mass is 16.6. The van der Waals surface area contributed by atoms with Crippen molar-refractivity contribution < 1.29 is 37.9 Å². The zero-order chi connectivity index (χ0) is 24.4. The van der Waals surface area contributed by atoms with Gasteiger partial charge in [-0.05, 0) is 25.0 Å². The second kappa shape index (κ2) is 24.7. The molecule has 0 spiro atoms. The summed E-state index contributed by atoms with van der Waals surface area (Å²) in [4.78, 5) is 0. The molecular formula is C26H46O8. The Kier molecular flexibility index (Phi) is 22.2. The van der Waals surface area contributed by atoms with Gasteiger partial charge in [-0.3, -0.25) is 0 Å². The minimum Gasteiger partial charge on any atom is -0.491 e. The van der Waals surface area contributed by atoms with Crippen LogP contribution in [0, 0.1) is 0 Å². The van der Waals surface area contributed by atoms with Crippen LogP contribution in [0.5, 0.6) is 11.5 Å². The van der Waals surface area contributed by atoms with Crippen LogP contribution in [-0.4, -0.2) is 92.5 Å². The molecule has 0 amide bonds. The molecule has 1 aromatic rings. The Labute approximate surface area is 206 Å². The molecule has 1 rings (SSSR count). The molecule has 0 aliphatic carbocycles. The molecule has 0 atom stereocenters. The zero-order valence-corrected chi connectivity index (χ0v) is 21.3. The quantitative estimate of drug-likeness (QED) is 0.181. The zero-order valence-electron chi connectivity index (χ0n) is 21.3. The third-order valence-corrected chi connectivity index (χ3v) is 4.57. The lowest BCUT2D eigenvalue weighted by molar-refractivity contribution is 0.00857. The van der Waals surface area contributed by atoms with Crippen LogP contribution < -0.4 is 9.47 Å². The molecule has 34 heavy (non-hydrogen) atoms. The van der Waals surface area contributed by atoms with E-state index in [1.54, 1.807) is 0 Å². The van der Waals surface area contributed by atoms with E-state index >= 15 is 0 Å². The Bertz CT molecular complexity index is 500. The molecule has 8 nitrogen and oxygen atoms in total. The van der Waals surface area contributed by atoms with Crippen LogP contribution in [0.3, 0.4) is 0 Å². The topological polar surface area (TPSA) is 73.8 Å². The van der Waals surface area contributed by atoms with Crippen LogP contribution in [0.4, 0.5) is 0 Å². The first-order valence-electron chi connectivity index (χ1n) is 12.7. The predicted octanol–water partition coefficient (Wildman–Crippen LogP) is 4.14. The maximum absolute atomic E-state index is 5.72. The van der Waals surface area contributed by atoms with Crippen LogP contribution in [0.1, 0.15) is 39.5 Å². The summed E-state index contributed by atoms with van der Waals surface area (Å²) in [7, 11) is 0. The van der Waals surface area contributed by atoms with E-state index in [2.05, 4.69) is 13.8 Å². The van der Waals surface area contributed by atoms with E-state index in [1.165, 1.54) is 0 Å². The average molecular weight is 487 g/mol. The third kappa shape index (κ3) is 20.0. The van der Waals surface area contributed by atoms with Crippen molar-refractivity contribution in [3.8, 4) is 11.5 Å². The van der Waals surface area contributed by atoms with E-state index in [0.29, 0.717) is 79.3 Å². The molecule has 0 saturated carbocycles. The molecule has 0 unspecified atom stereocenters. The van der Waals surface area contributed by atoms with Gasteiger partial charge in [-0.25, -0.2) is 0 Å². The van der Waals surface area contributed by atoms with Crippen molar-refractivity contribution in [3.63, 3.8) is 0 Å². The second-order valence-corrected chi connectivity index (χ2v) is 7.55. The second-order valence-electron chi connectivity index (χ2n) is 7.55. The number of unbranched alkanes of at least 4 members (excludes halogenated alkanes) is 2. The van der Waals surface area contributed by atoms with Gasteiger partial charge in [0.1, 0.15) is 24.7 Å². The van der Waals surface area contributed by atoms with Gasteiger partial charge in [0.05, 0.1) is 66.1 Å². The summed E-state index contributed by atoms with van der Waals surface area (Å²) in [6.07, 6.45) is 4.49. The van der Waals surface area contributed by atoms with Crippen molar-refractivity contribution >= 4 is 0 Å². The molecule has 0 aliphatic heterocycles. The third-order valence-electron chi connectivity index (χ3n) is 4.57. The Hall–Kier alpha value is -1.42. The lowest BCUT2D eigenvalue weighted by Gasteiger charge is -2.11. The lowest BCUT2D eigenvalue weighted by Crippen LogP contribution is -2.13. The van der Waals surface area contributed by atoms with Gasteiger partial charge in [0.25, 0.3) is 0 Å². The fourth-order valence-electron chi connectivity index (χ4n) is 2.67. The largest absolute Gasteiger partial charge is 0.491 e. The van der Waals surface area contributed by atoms with Gasteiger partial charge in [-0.1, -0.05) is 32.8 Å². The lowest BCUT2D eigenvalue weighted by atomic mass is 10.3. The first-order chi connectivity index (χ1) is 16.9. The molecule has 0 fully saturated rings. The summed E-state index contributed by atoms with van der Waals surface area (Å²) >= 11 is 0. The first-order valence-corrected chi connectivity index (χ1v) is 12.7. The minimum atomic E-state index is 0.469. The van der Waals surface area contributed by atoms with Crippen LogP contribution in [0.15, 0.2) is 24.3 Å². The molecule has 198 valence electrons. The molecular weight excluding hydrogens is 440 g/mol. The van der Waals surface area contributed by atoms with Crippen molar-refractivity contribution in [3.05, 3.63) is 24.3 Å². The first kappa shape index (κ1) is 30.6. The van der Waals surface area contributed by atoms with Crippen LogP contribution in [-0.2, 0) is 28.4 Å². The molecule has 8 heteroatoms. The molecule has 0 heterocycles. The van der Waals surface area contributed by atoms with E-state index in [1.807, 2.05) is 24.3 Å². The van der Waals surface area contributed by atoms with Gasteiger partial charge in [0.15, 0.2) is 0 Å². The molecule has 0 saturated heterocycles. The summed E-state index contributed by atoms with van der Waals surface area (Å²) in [6.45, 7) is 12.5. The van der Waals surface area contributed by atoms with Crippen molar-refractivity contribution in [2.24, 2.45) is 0 Å². The summed E-state index contributed by atoms with van der Waals surface area (Å²) in [5, 5.41) is 0. The fraction of sp³-hybridized carbons (Fsp3) is 0.769. The average Bonchev–Trinajstić information content (AvgIpc) is 2.85. The fourth-order valence-corrected chi connectivity index (χ4v) is 2.67. The van der Waals surface area contributed by atoms with E-state index < -0.39 is 0 Å². The van der Waals surface area contributed by atoms with Crippen molar-refractivity contribution in [2.45, 2.75) is 39.5 Å². The Morgan fingerprint density at radius 1 is 0.441 bits per heavy atom. The summed E-state index contributed by atoms with van der Waals surface area (Å²) in [5.41, 5.74) is 0. The highest BCUT2D eigenvalue weighted by Crippen LogP contribution is 2.19. The number of ether oxygens (including phenoxy) is 8. The van der Waals surface area contributed by atoms with Crippen molar-refractivity contribution in [2.75, 3.05) is 92.5 Å². The molecule has 0 radical (unpaired) electrons. The van der Waals surface area contributed by atoms with Gasteiger partial charge in [0.2, 0.25) is 0 Å². The molecule has 0 bridgehead atoms. The van der Waals surface area contributed by atoms with Crippen molar-refractivity contribution in [1.29, 1.82) is 0 Å². The van der Waals surface area contributed by atoms with Gasteiger partial charge in [0, 0.05) is 19.3 Å². The van der Waals surface area contributed by atoms with E-state index in [9.17, 15) is 0 Å². The monoisotopic (exact) mass is 486 g/mol. The normalized spacial score (nSPS) is 11.1. The molecule has 0 N–H and O–H groups in total. The standard InChI is InChI=1S/C26H46O8/c1-3-5-10-27-12-14-29-16-18-31-20-22-33-25-8-7-9-26(24-25)34-23-21-32-19-17-30-15-13-28-11-6-4-2/h7-9,24H,3-6,10-23H2,1-2H3. The number of rotatable bonds is 26. The smallest absolute Gasteiger partial charge is 0.123 e. The maximum atomic E-state index is 5.72. The SMILES string of the molecule is CCCCOCCOCCOCCOc1cccc(OCCOCCOCCOCCCC)c1. The van der Waals surface area contributed by atoms with Crippen LogP contribution >= 0.6 is 0 Å². The Balaban J connectivity index is 1.91. The van der Waals surface area contributed by atoms with Gasteiger partial charge >= 0.3 is 0 Å². The van der Waals surface area contributed by atoms with E-state index in [4.69, 9.17) is 37.9 Å². The number of hydrogen-bond donors (Lipinski definition) is 0. The molecule has 0 aromatic heterocycles. The Morgan fingerprint density at radius 2 is 0.765 bits per heavy atom. The highest BCUT2D eigenvalue weighted by Gasteiger charge is 1.99. The van der Waals surface area contributed by atoms with Gasteiger partial charge in [-0.15, -0.1) is 0 Å². The minimum absolute atomic E-state index is 0.469.